The Morgan fingerprint density at radius 2 is 1.89 bits per heavy atom. The summed E-state index contributed by atoms with van der Waals surface area (Å²) in [6.07, 6.45) is 0. The molecule has 0 saturated heterocycles. The standard InChI is InChI=1S/C19H17N7O/c1-24(2)18-22-23-19-25(11-13-5-3-12(10-20)4-6-13)17(27)15-9-14(21)7-8-16(15)26(18)19/h3-9H,11,21H2,1-2H3. The van der Waals surface area contributed by atoms with E-state index >= 15 is 0 Å². The minimum Gasteiger partial charge on any atom is -0.399 e. The molecular formula is C19H17N7O. The Balaban J connectivity index is 2.02. The van der Waals surface area contributed by atoms with E-state index in [1.807, 2.05) is 41.6 Å². The summed E-state index contributed by atoms with van der Waals surface area (Å²) in [5.41, 5.74) is 8.40. The first-order valence-corrected chi connectivity index (χ1v) is 8.33. The van der Waals surface area contributed by atoms with E-state index in [2.05, 4.69) is 16.3 Å². The normalized spacial score (nSPS) is 11.0. The molecule has 0 amide bonds. The summed E-state index contributed by atoms with van der Waals surface area (Å²) in [5, 5.41) is 18.0. The van der Waals surface area contributed by atoms with E-state index < -0.39 is 0 Å². The summed E-state index contributed by atoms with van der Waals surface area (Å²) in [4.78, 5) is 15.0. The SMILES string of the molecule is CN(C)c1nnc2n(Cc3ccc(C#N)cc3)c(=O)c3cc(N)ccc3n12. The molecule has 0 aliphatic heterocycles. The molecule has 4 aromatic rings. The van der Waals surface area contributed by atoms with Crippen LogP contribution in [0.25, 0.3) is 16.7 Å². The summed E-state index contributed by atoms with van der Waals surface area (Å²) < 4.78 is 3.42. The molecule has 4 rings (SSSR count). The van der Waals surface area contributed by atoms with Gasteiger partial charge < -0.3 is 10.6 Å². The number of nitrogens with two attached hydrogens (primary N) is 1. The van der Waals surface area contributed by atoms with Crippen molar-refractivity contribution in [1.29, 1.82) is 5.26 Å². The first kappa shape index (κ1) is 16.6. The fourth-order valence-corrected chi connectivity index (χ4v) is 3.11. The first-order chi connectivity index (χ1) is 13.0. The number of aromatic nitrogens is 4. The Morgan fingerprint density at radius 3 is 2.56 bits per heavy atom. The highest BCUT2D eigenvalue weighted by atomic mass is 16.1. The maximum atomic E-state index is 13.2. The van der Waals surface area contributed by atoms with Crippen LogP contribution in [0, 0.1) is 11.3 Å². The molecule has 134 valence electrons. The molecule has 27 heavy (non-hydrogen) atoms. The second-order valence-electron chi connectivity index (χ2n) is 6.51. The van der Waals surface area contributed by atoms with Gasteiger partial charge in [0.15, 0.2) is 0 Å². The molecule has 0 radical (unpaired) electrons. The highest BCUT2D eigenvalue weighted by molar-refractivity contribution is 5.84. The van der Waals surface area contributed by atoms with Gasteiger partial charge >= 0.3 is 0 Å². The molecule has 0 unspecified atom stereocenters. The maximum Gasteiger partial charge on any atom is 0.263 e. The fraction of sp³-hybridized carbons (Fsp3) is 0.158. The van der Waals surface area contributed by atoms with Gasteiger partial charge in [-0.3, -0.25) is 9.36 Å². The second kappa shape index (κ2) is 6.14. The highest BCUT2D eigenvalue weighted by Crippen LogP contribution is 2.21. The van der Waals surface area contributed by atoms with E-state index in [-0.39, 0.29) is 5.56 Å². The van der Waals surface area contributed by atoms with Crippen LogP contribution in [0.3, 0.4) is 0 Å². The molecule has 0 aliphatic carbocycles. The van der Waals surface area contributed by atoms with Gasteiger partial charge in [-0.2, -0.15) is 5.26 Å². The molecular weight excluding hydrogens is 342 g/mol. The van der Waals surface area contributed by atoms with E-state index in [0.717, 1.165) is 5.56 Å². The molecule has 0 aliphatic rings. The number of rotatable bonds is 3. The molecule has 0 spiro atoms. The summed E-state index contributed by atoms with van der Waals surface area (Å²) in [5.74, 6) is 1.07. The van der Waals surface area contributed by atoms with Crippen LogP contribution in [0.4, 0.5) is 11.6 Å². The summed E-state index contributed by atoms with van der Waals surface area (Å²) in [7, 11) is 3.74. The van der Waals surface area contributed by atoms with Crippen molar-refractivity contribution in [3.63, 3.8) is 0 Å². The van der Waals surface area contributed by atoms with Gasteiger partial charge in [-0.15, -0.1) is 10.2 Å². The van der Waals surface area contributed by atoms with E-state index in [1.165, 1.54) is 0 Å². The zero-order chi connectivity index (χ0) is 19.1. The zero-order valence-corrected chi connectivity index (χ0v) is 14.9. The summed E-state index contributed by atoms with van der Waals surface area (Å²) >= 11 is 0. The third kappa shape index (κ3) is 2.66. The molecule has 2 aromatic heterocycles. The van der Waals surface area contributed by atoms with Crippen LogP contribution >= 0.6 is 0 Å². The molecule has 8 heteroatoms. The van der Waals surface area contributed by atoms with Crippen molar-refractivity contribution >= 4 is 28.3 Å². The number of hydrogen-bond donors (Lipinski definition) is 1. The number of nitrogens with zero attached hydrogens (tertiary/aromatic N) is 6. The lowest BCUT2D eigenvalue weighted by molar-refractivity contribution is 0.766. The Morgan fingerprint density at radius 1 is 1.15 bits per heavy atom. The fourth-order valence-electron chi connectivity index (χ4n) is 3.11. The monoisotopic (exact) mass is 359 g/mol. The smallest absolute Gasteiger partial charge is 0.263 e. The molecule has 0 fully saturated rings. The number of nitrogen functional groups attached to an aromatic ring is 1. The summed E-state index contributed by atoms with van der Waals surface area (Å²) in [6, 6.07) is 14.4. The van der Waals surface area contributed by atoms with Crippen LogP contribution in [-0.2, 0) is 6.54 Å². The third-order valence-electron chi connectivity index (χ3n) is 4.43. The molecule has 8 nitrogen and oxygen atoms in total. The van der Waals surface area contributed by atoms with Gasteiger partial charge in [0.1, 0.15) is 0 Å². The second-order valence-corrected chi connectivity index (χ2v) is 6.51. The highest BCUT2D eigenvalue weighted by Gasteiger charge is 2.18. The average molecular weight is 359 g/mol. The van der Waals surface area contributed by atoms with Gasteiger partial charge in [0, 0.05) is 19.8 Å². The van der Waals surface area contributed by atoms with Crippen LogP contribution < -0.4 is 16.2 Å². The number of benzene rings is 2. The minimum absolute atomic E-state index is 0.188. The van der Waals surface area contributed by atoms with Gasteiger partial charge in [-0.1, -0.05) is 12.1 Å². The number of fused-ring (bicyclic) bond motifs is 3. The Kier molecular flexibility index (Phi) is 3.78. The van der Waals surface area contributed by atoms with E-state index in [9.17, 15) is 4.79 Å². The van der Waals surface area contributed by atoms with Gasteiger partial charge in [0.2, 0.25) is 11.7 Å². The Hall–Kier alpha value is -3.86. The van der Waals surface area contributed by atoms with Gasteiger partial charge in [-0.25, -0.2) is 4.40 Å². The van der Waals surface area contributed by atoms with Crippen LogP contribution in [0.5, 0.6) is 0 Å². The predicted molar refractivity (Wildman–Crippen MR) is 104 cm³/mol. The zero-order valence-electron chi connectivity index (χ0n) is 14.9. The van der Waals surface area contributed by atoms with Crippen LogP contribution in [0.1, 0.15) is 11.1 Å². The Bertz CT molecular complexity index is 1260. The maximum absolute atomic E-state index is 13.2. The molecule has 0 bridgehead atoms. The minimum atomic E-state index is -0.188. The van der Waals surface area contributed by atoms with Crippen molar-refractivity contribution in [1.82, 2.24) is 19.2 Å². The van der Waals surface area contributed by atoms with Crippen molar-refractivity contribution in [3.8, 4) is 6.07 Å². The van der Waals surface area contributed by atoms with Crippen LogP contribution in [0.2, 0.25) is 0 Å². The van der Waals surface area contributed by atoms with Crippen molar-refractivity contribution < 1.29 is 0 Å². The number of anilines is 2. The van der Waals surface area contributed by atoms with E-state index in [1.54, 1.807) is 28.8 Å². The van der Waals surface area contributed by atoms with Crippen molar-refractivity contribution in [2.75, 3.05) is 24.7 Å². The predicted octanol–water partition coefficient (Wildman–Crippen LogP) is 1.61. The van der Waals surface area contributed by atoms with E-state index in [4.69, 9.17) is 11.0 Å². The summed E-state index contributed by atoms with van der Waals surface area (Å²) in [6.45, 7) is 0.310. The van der Waals surface area contributed by atoms with Crippen molar-refractivity contribution in [2.45, 2.75) is 6.54 Å². The average Bonchev–Trinajstić information content (AvgIpc) is 3.11. The van der Waals surface area contributed by atoms with Crippen molar-refractivity contribution in [2.24, 2.45) is 0 Å². The molecule has 0 atom stereocenters. The molecule has 2 aromatic carbocycles. The lowest BCUT2D eigenvalue weighted by Gasteiger charge is -2.14. The largest absolute Gasteiger partial charge is 0.399 e. The molecule has 2 heterocycles. The number of hydrogen-bond acceptors (Lipinski definition) is 6. The third-order valence-corrected chi connectivity index (χ3v) is 4.43. The number of nitriles is 1. The van der Waals surface area contributed by atoms with Gasteiger partial charge in [-0.05, 0) is 35.9 Å². The Labute approximate surface area is 154 Å². The molecule has 2 N–H and O–H groups in total. The molecule has 0 saturated carbocycles. The van der Waals surface area contributed by atoms with Crippen LogP contribution in [0.15, 0.2) is 47.3 Å². The first-order valence-electron chi connectivity index (χ1n) is 8.33. The van der Waals surface area contributed by atoms with Crippen LogP contribution in [-0.4, -0.2) is 33.3 Å². The quantitative estimate of drug-likeness (QED) is 0.557. The topological polar surface area (TPSA) is 105 Å². The van der Waals surface area contributed by atoms with Gasteiger partial charge in [0.25, 0.3) is 5.56 Å². The lowest BCUT2D eigenvalue weighted by Crippen LogP contribution is -2.25. The lowest BCUT2D eigenvalue weighted by atomic mass is 10.1. The van der Waals surface area contributed by atoms with E-state index in [0.29, 0.717) is 40.4 Å². The van der Waals surface area contributed by atoms with Crippen molar-refractivity contribution in [3.05, 3.63) is 63.9 Å². The van der Waals surface area contributed by atoms with Gasteiger partial charge in [0.05, 0.1) is 29.1 Å².